The van der Waals surface area contributed by atoms with Crippen molar-refractivity contribution < 1.29 is 28.9 Å². The van der Waals surface area contributed by atoms with Crippen LogP contribution in [-0.4, -0.2) is 61.6 Å². The predicted molar refractivity (Wildman–Crippen MR) is 97.5 cm³/mol. The Labute approximate surface area is 154 Å². The van der Waals surface area contributed by atoms with E-state index >= 15 is 0 Å². The third kappa shape index (κ3) is 7.74. The fraction of sp³-hybridized carbons (Fsp3) is 0.579. The number of nitrogens with zero attached hydrogens (tertiary/aromatic N) is 1. The van der Waals surface area contributed by atoms with E-state index in [1.165, 1.54) is 7.11 Å². The molecule has 0 aliphatic carbocycles. The highest BCUT2D eigenvalue weighted by Gasteiger charge is 2.18. The van der Waals surface area contributed by atoms with Gasteiger partial charge in [-0.3, -0.25) is 0 Å². The first kappa shape index (κ1) is 21.8. The van der Waals surface area contributed by atoms with Gasteiger partial charge in [-0.05, 0) is 30.5 Å². The highest BCUT2D eigenvalue weighted by Crippen LogP contribution is 2.15. The fourth-order valence-corrected chi connectivity index (χ4v) is 2.46. The lowest BCUT2D eigenvalue weighted by molar-refractivity contribution is -0.149. The van der Waals surface area contributed by atoms with Crippen molar-refractivity contribution >= 4 is 12.1 Å². The molecule has 0 heterocycles. The molecule has 1 unspecified atom stereocenters. The van der Waals surface area contributed by atoms with Crippen LogP contribution in [0.3, 0.4) is 0 Å². The molecule has 1 N–H and O–H groups in total. The number of carbonyl (C=O) groups excluding carboxylic acids is 1. The SMILES string of the molecule is CCOC(Cc1ccc(OCCN(CC(C)C)C(=O)OC)cc1)C(=O)O. The summed E-state index contributed by atoms with van der Waals surface area (Å²) in [6.07, 6.45) is -0.918. The molecule has 7 nitrogen and oxygen atoms in total. The number of amides is 1. The molecule has 0 bridgehead atoms. The highest BCUT2D eigenvalue weighted by molar-refractivity contribution is 5.72. The van der Waals surface area contributed by atoms with E-state index in [0.29, 0.717) is 44.4 Å². The van der Waals surface area contributed by atoms with Crippen molar-refractivity contribution in [3.63, 3.8) is 0 Å². The Morgan fingerprint density at radius 3 is 2.35 bits per heavy atom. The van der Waals surface area contributed by atoms with E-state index in [1.807, 2.05) is 26.0 Å². The van der Waals surface area contributed by atoms with E-state index in [4.69, 9.17) is 19.3 Å². The van der Waals surface area contributed by atoms with Crippen molar-refractivity contribution in [3.05, 3.63) is 29.8 Å². The van der Waals surface area contributed by atoms with Gasteiger partial charge in [-0.1, -0.05) is 26.0 Å². The molecule has 0 spiro atoms. The Morgan fingerprint density at radius 2 is 1.85 bits per heavy atom. The summed E-state index contributed by atoms with van der Waals surface area (Å²) in [5, 5.41) is 9.12. The molecule has 1 aromatic rings. The summed E-state index contributed by atoms with van der Waals surface area (Å²) in [4.78, 5) is 24.5. The highest BCUT2D eigenvalue weighted by atomic mass is 16.5. The second-order valence-corrected chi connectivity index (χ2v) is 6.29. The maximum Gasteiger partial charge on any atom is 0.409 e. The summed E-state index contributed by atoms with van der Waals surface area (Å²) in [6.45, 7) is 7.55. The van der Waals surface area contributed by atoms with Crippen LogP contribution in [0.5, 0.6) is 5.75 Å². The molecule has 1 amide bonds. The van der Waals surface area contributed by atoms with Crippen molar-refractivity contribution in [2.24, 2.45) is 5.92 Å². The van der Waals surface area contributed by atoms with Crippen LogP contribution in [0.2, 0.25) is 0 Å². The topological polar surface area (TPSA) is 85.3 Å². The van der Waals surface area contributed by atoms with E-state index in [-0.39, 0.29) is 6.09 Å². The lowest BCUT2D eigenvalue weighted by atomic mass is 10.1. The van der Waals surface area contributed by atoms with Crippen LogP contribution in [0.4, 0.5) is 4.79 Å². The monoisotopic (exact) mass is 367 g/mol. The Balaban J connectivity index is 2.53. The zero-order valence-electron chi connectivity index (χ0n) is 15.9. The fourth-order valence-electron chi connectivity index (χ4n) is 2.46. The first-order valence-corrected chi connectivity index (χ1v) is 8.76. The summed E-state index contributed by atoms with van der Waals surface area (Å²) < 4.78 is 15.7. The first-order valence-electron chi connectivity index (χ1n) is 8.76. The molecule has 0 fully saturated rings. The van der Waals surface area contributed by atoms with Crippen LogP contribution in [0, 0.1) is 5.92 Å². The number of carbonyl (C=O) groups is 2. The number of aliphatic carboxylic acids is 1. The third-order valence-corrected chi connectivity index (χ3v) is 3.64. The average Bonchev–Trinajstić information content (AvgIpc) is 2.60. The van der Waals surface area contributed by atoms with Crippen molar-refractivity contribution in [2.75, 3.05) is 33.4 Å². The number of rotatable bonds is 11. The smallest absolute Gasteiger partial charge is 0.409 e. The normalized spacial score (nSPS) is 11.9. The number of hydrogen-bond donors (Lipinski definition) is 1. The maximum absolute atomic E-state index is 11.7. The predicted octanol–water partition coefficient (Wildman–Crippen LogP) is 2.82. The molecule has 0 saturated heterocycles. The molecule has 0 aliphatic heterocycles. The quantitative estimate of drug-likeness (QED) is 0.647. The standard InChI is InChI=1S/C19H29NO6/c1-5-25-17(18(21)22)12-15-6-8-16(9-7-15)26-11-10-20(13-14(2)3)19(23)24-4/h6-9,14,17H,5,10-13H2,1-4H3,(H,21,22). The molecular weight excluding hydrogens is 338 g/mol. The first-order chi connectivity index (χ1) is 12.4. The number of hydrogen-bond acceptors (Lipinski definition) is 5. The Morgan fingerprint density at radius 1 is 1.19 bits per heavy atom. The second-order valence-electron chi connectivity index (χ2n) is 6.29. The van der Waals surface area contributed by atoms with Gasteiger partial charge >= 0.3 is 12.1 Å². The Bertz CT molecular complexity index is 558. The summed E-state index contributed by atoms with van der Waals surface area (Å²) in [5.41, 5.74) is 0.856. The van der Waals surface area contributed by atoms with Crippen LogP contribution < -0.4 is 4.74 Å². The van der Waals surface area contributed by atoms with Gasteiger partial charge in [0.05, 0.1) is 13.7 Å². The molecule has 1 atom stereocenters. The van der Waals surface area contributed by atoms with Crippen molar-refractivity contribution in [2.45, 2.75) is 33.3 Å². The zero-order chi connectivity index (χ0) is 19.5. The molecule has 146 valence electrons. The van der Waals surface area contributed by atoms with Crippen molar-refractivity contribution in [1.29, 1.82) is 0 Å². The number of methoxy groups -OCH3 is 1. The van der Waals surface area contributed by atoms with Gasteiger partial charge in [-0.15, -0.1) is 0 Å². The van der Waals surface area contributed by atoms with Crippen LogP contribution >= 0.6 is 0 Å². The van der Waals surface area contributed by atoms with Crippen molar-refractivity contribution in [3.8, 4) is 5.75 Å². The van der Waals surface area contributed by atoms with Gasteiger partial charge < -0.3 is 24.2 Å². The molecular formula is C19H29NO6. The molecule has 7 heteroatoms. The van der Waals surface area contributed by atoms with Gasteiger partial charge in [0.25, 0.3) is 0 Å². The third-order valence-electron chi connectivity index (χ3n) is 3.64. The zero-order valence-corrected chi connectivity index (χ0v) is 15.9. The van der Waals surface area contributed by atoms with Crippen LogP contribution in [0.25, 0.3) is 0 Å². The van der Waals surface area contributed by atoms with Gasteiger partial charge in [0, 0.05) is 19.6 Å². The van der Waals surface area contributed by atoms with E-state index in [9.17, 15) is 9.59 Å². The summed E-state index contributed by atoms with van der Waals surface area (Å²) >= 11 is 0. The van der Waals surface area contributed by atoms with Gasteiger partial charge in [0.2, 0.25) is 0 Å². The Hall–Kier alpha value is -2.28. The van der Waals surface area contributed by atoms with Gasteiger partial charge in [-0.25, -0.2) is 9.59 Å². The number of benzene rings is 1. The summed E-state index contributed by atoms with van der Waals surface area (Å²) in [6, 6.07) is 7.20. The minimum Gasteiger partial charge on any atom is -0.492 e. The van der Waals surface area contributed by atoms with E-state index in [2.05, 4.69) is 0 Å². The second kappa shape index (κ2) is 11.4. The van der Waals surface area contributed by atoms with Gasteiger partial charge in [-0.2, -0.15) is 0 Å². The van der Waals surface area contributed by atoms with Crippen LogP contribution in [-0.2, 0) is 20.7 Å². The summed E-state index contributed by atoms with van der Waals surface area (Å²) in [7, 11) is 1.36. The van der Waals surface area contributed by atoms with E-state index in [0.717, 1.165) is 5.56 Å². The molecule has 1 rings (SSSR count). The molecule has 0 saturated carbocycles. The average molecular weight is 367 g/mol. The largest absolute Gasteiger partial charge is 0.492 e. The maximum atomic E-state index is 11.7. The lowest BCUT2D eigenvalue weighted by Crippen LogP contribution is -2.37. The van der Waals surface area contributed by atoms with Crippen molar-refractivity contribution in [1.82, 2.24) is 4.90 Å². The number of carboxylic acids is 1. The Kier molecular flexibility index (Phi) is 9.51. The molecule has 1 aromatic carbocycles. The molecule has 0 aliphatic rings. The molecule has 0 radical (unpaired) electrons. The van der Waals surface area contributed by atoms with Gasteiger partial charge in [0.15, 0.2) is 6.10 Å². The molecule has 26 heavy (non-hydrogen) atoms. The van der Waals surface area contributed by atoms with Crippen LogP contribution in [0.15, 0.2) is 24.3 Å². The minimum atomic E-state index is -0.972. The lowest BCUT2D eigenvalue weighted by Gasteiger charge is -2.23. The summed E-state index contributed by atoms with van der Waals surface area (Å²) in [5.74, 6) is 0.0209. The number of ether oxygens (including phenoxy) is 3. The minimum absolute atomic E-state index is 0.300. The van der Waals surface area contributed by atoms with E-state index in [1.54, 1.807) is 24.0 Å². The van der Waals surface area contributed by atoms with E-state index < -0.39 is 12.1 Å². The van der Waals surface area contributed by atoms with Gasteiger partial charge in [0.1, 0.15) is 12.4 Å². The number of carboxylic acid groups (broad SMARTS) is 1. The van der Waals surface area contributed by atoms with Crippen LogP contribution in [0.1, 0.15) is 26.3 Å². The molecule has 0 aromatic heterocycles.